The minimum absolute atomic E-state index is 0.179. The number of aryl methyl sites for hydroxylation is 3. The Balaban J connectivity index is 1.55. The number of aromatic nitrogens is 4. The number of hydrogen-bond acceptors (Lipinski definition) is 5. The van der Waals surface area contributed by atoms with E-state index in [9.17, 15) is 4.79 Å². The quantitative estimate of drug-likeness (QED) is 0.495. The highest BCUT2D eigenvalue weighted by molar-refractivity contribution is 5.99. The Hall–Kier alpha value is -3.74. The Morgan fingerprint density at radius 3 is 2.32 bits per heavy atom. The van der Waals surface area contributed by atoms with Crippen LogP contribution in [0, 0.1) is 20.8 Å². The van der Waals surface area contributed by atoms with Crippen LogP contribution in [0.1, 0.15) is 38.8 Å². The summed E-state index contributed by atoms with van der Waals surface area (Å²) in [6.45, 7) is 6.85. The van der Waals surface area contributed by atoms with Crippen LogP contribution in [0.25, 0.3) is 11.3 Å². The molecule has 0 bridgehead atoms. The molecule has 0 aliphatic heterocycles. The molecule has 0 fully saturated rings. The third-order valence-corrected chi connectivity index (χ3v) is 4.99. The molecule has 1 N–H and O–H groups in total. The molecule has 0 saturated heterocycles. The summed E-state index contributed by atoms with van der Waals surface area (Å²) >= 11 is 0. The number of amides is 1. The molecule has 2 heterocycles. The summed E-state index contributed by atoms with van der Waals surface area (Å²) < 4.78 is 6.92. The molecular formula is C24H25N5O2. The third kappa shape index (κ3) is 5.06. The standard InChI is InChI=1S/C24H25N5O2/c1-16-4-8-19(9-5-16)14-29-15-21(23(27-29)20-10-6-17(2)7-11-20)24(30)25-13-12-22-26-18(3)28-31-22/h4-11,15H,12-14H2,1-3H3,(H,25,30). The van der Waals surface area contributed by atoms with Gasteiger partial charge in [0.1, 0.15) is 5.69 Å². The number of carbonyl (C=O) groups is 1. The van der Waals surface area contributed by atoms with Crippen LogP contribution in [-0.2, 0) is 13.0 Å². The number of carbonyl (C=O) groups excluding carboxylic acids is 1. The predicted octanol–water partition coefficient (Wildman–Crippen LogP) is 3.88. The van der Waals surface area contributed by atoms with Gasteiger partial charge >= 0.3 is 0 Å². The largest absolute Gasteiger partial charge is 0.351 e. The second-order valence-corrected chi connectivity index (χ2v) is 7.68. The minimum atomic E-state index is -0.179. The number of hydrogen-bond donors (Lipinski definition) is 1. The van der Waals surface area contributed by atoms with Crippen LogP contribution in [0.15, 0.2) is 59.3 Å². The first-order chi connectivity index (χ1) is 15.0. The van der Waals surface area contributed by atoms with Crippen molar-refractivity contribution in [3.63, 3.8) is 0 Å². The summed E-state index contributed by atoms with van der Waals surface area (Å²) in [5.41, 5.74) is 5.61. The maximum atomic E-state index is 13.0. The van der Waals surface area contributed by atoms with Gasteiger partial charge in [-0.1, -0.05) is 64.8 Å². The van der Waals surface area contributed by atoms with Crippen LogP contribution >= 0.6 is 0 Å². The second-order valence-electron chi connectivity index (χ2n) is 7.68. The number of nitrogens with zero attached hydrogens (tertiary/aromatic N) is 4. The van der Waals surface area contributed by atoms with Crippen LogP contribution < -0.4 is 5.32 Å². The normalized spacial score (nSPS) is 10.9. The molecular weight excluding hydrogens is 390 g/mol. The fourth-order valence-electron chi connectivity index (χ4n) is 3.29. The van der Waals surface area contributed by atoms with Gasteiger partial charge in [-0.3, -0.25) is 9.48 Å². The van der Waals surface area contributed by atoms with E-state index < -0.39 is 0 Å². The van der Waals surface area contributed by atoms with Crippen LogP contribution in [0.4, 0.5) is 0 Å². The Morgan fingerprint density at radius 1 is 1.00 bits per heavy atom. The summed E-state index contributed by atoms with van der Waals surface area (Å²) in [6, 6.07) is 16.3. The average molecular weight is 415 g/mol. The smallest absolute Gasteiger partial charge is 0.255 e. The van der Waals surface area contributed by atoms with Gasteiger partial charge in [0.2, 0.25) is 5.89 Å². The molecule has 0 radical (unpaired) electrons. The van der Waals surface area contributed by atoms with E-state index in [2.05, 4.69) is 46.6 Å². The first-order valence-corrected chi connectivity index (χ1v) is 10.3. The molecule has 31 heavy (non-hydrogen) atoms. The summed E-state index contributed by atoms with van der Waals surface area (Å²) in [6.07, 6.45) is 2.28. The fourth-order valence-corrected chi connectivity index (χ4v) is 3.29. The van der Waals surface area contributed by atoms with E-state index in [4.69, 9.17) is 9.62 Å². The van der Waals surface area contributed by atoms with Crippen molar-refractivity contribution in [2.24, 2.45) is 0 Å². The van der Waals surface area contributed by atoms with E-state index in [0.717, 1.165) is 16.7 Å². The van der Waals surface area contributed by atoms with Gasteiger partial charge < -0.3 is 9.84 Å². The maximum Gasteiger partial charge on any atom is 0.255 e. The SMILES string of the molecule is Cc1ccc(Cn2cc(C(=O)NCCc3nc(C)no3)c(-c3ccc(C)cc3)n2)cc1. The highest BCUT2D eigenvalue weighted by atomic mass is 16.5. The summed E-state index contributed by atoms with van der Waals surface area (Å²) in [5, 5.41) is 11.4. The van der Waals surface area contributed by atoms with Crippen LogP contribution in [-0.4, -0.2) is 32.4 Å². The molecule has 7 nitrogen and oxygen atoms in total. The van der Waals surface area contributed by atoms with E-state index in [1.54, 1.807) is 13.1 Å². The summed E-state index contributed by atoms with van der Waals surface area (Å²) in [5.74, 6) is 0.911. The number of rotatable bonds is 7. The number of benzene rings is 2. The second kappa shape index (κ2) is 8.95. The molecule has 7 heteroatoms. The maximum absolute atomic E-state index is 13.0. The third-order valence-electron chi connectivity index (χ3n) is 4.99. The van der Waals surface area contributed by atoms with Gasteiger partial charge in [0.05, 0.1) is 12.1 Å². The molecule has 0 saturated carbocycles. The van der Waals surface area contributed by atoms with E-state index in [1.165, 1.54) is 5.56 Å². The molecule has 2 aromatic carbocycles. The van der Waals surface area contributed by atoms with Crippen molar-refractivity contribution in [1.29, 1.82) is 0 Å². The molecule has 4 rings (SSSR count). The average Bonchev–Trinajstić information content (AvgIpc) is 3.36. The lowest BCUT2D eigenvalue weighted by Gasteiger charge is -2.04. The van der Waals surface area contributed by atoms with Crippen LogP contribution in [0.3, 0.4) is 0 Å². The van der Waals surface area contributed by atoms with E-state index in [0.29, 0.717) is 42.5 Å². The lowest BCUT2D eigenvalue weighted by molar-refractivity contribution is 0.0954. The van der Waals surface area contributed by atoms with Gasteiger partial charge in [-0.2, -0.15) is 10.1 Å². The van der Waals surface area contributed by atoms with Gasteiger partial charge in [-0.25, -0.2) is 0 Å². The molecule has 4 aromatic rings. The lowest BCUT2D eigenvalue weighted by atomic mass is 10.1. The zero-order valence-corrected chi connectivity index (χ0v) is 17.9. The minimum Gasteiger partial charge on any atom is -0.351 e. The predicted molar refractivity (Wildman–Crippen MR) is 118 cm³/mol. The molecule has 0 atom stereocenters. The Bertz CT molecular complexity index is 1170. The molecule has 1 amide bonds. The molecule has 0 aliphatic carbocycles. The van der Waals surface area contributed by atoms with E-state index in [1.807, 2.05) is 35.9 Å². The van der Waals surface area contributed by atoms with Gasteiger partial charge in [0.15, 0.2) is 5.82 Å². The first kappa shape index (κ1) is 20.5. The monoisotopic (exact) mass is 415 g/mol. The Morgan fingerprint density at radius 2 is 1.68 bits per heavy atom. The zero-order chi connectivity index (χ0) is 21.8. The van der Waals surface area contributed by atoms with Crippen molar-refractivity contribution < 1.29 is 9.32 Å². The van der Waals surface area contributed by atoms with Crippen molar-refractivity contribution in [2.45, 2.75) is 33.7 Å². The molecule has 0 unspecified atom stereocenters. The molecule has 158 valence electrons. The van der Waals surface area contributed by atoms with Crippen LogP contribution in [0.5, 0.6) is 0 Å². The highest BCUT2D eigenvalue weighted by Gasteiger charge is 2.18. The molecule has 0 spiro atoms. The van der Waals surface area contributed by atoms with Crippen molar-refractivity contribution in [1.82, 2.24) is 25.2 Å². The van der Waals surface area contributed by atoms with Gasteiger partial charge in [0.25, 0.3) is 5.91 Å². The molecule has 2 aromatic heterocycles. The first-order valence-electron chi connectivity index (χ1n) is 10.3. The van der Waals surface area contributed by atoms with Crippen molar-refractivity contribution in [3.05, 3.63) is 88.7 Å². The summed E-state index contributed by atoms with van der Waals surface area (Å²) in [7, 11) is 0. The zero-order valence-electron chi connectivity index (χ0n) is 17.9. The lowest BCUT2D eigenvalue weighted by Crippen LogP contribution is -2.26. The number of nitrogens with one attached hydrogen (secondary N) is 1. The highest BCUT2D eigenvalue weighted by Crippen LogP contribution is 2.23. The summed E-state index contributed by atoms with van der Waals surface area (Å²) in [4.78, 5) is 17.1. The van der Waals surface area contributed by atoms with Crippen LogP contribution in [0.2, 0.25) is 0 Å². The Kier molecular flexibility index (Phi) is 5.93. The van der Waals surface area contributed by atoms with Crippen molar-refractivity contribution >= 4 is 5.91 Å². The Labute approximate surface area is 181 Å². The van der Waals surface area contributed by atoms with E-state index in [-0.39, 0.29) is 5.91 Å². The van der Waals surface area contributed by atoms with Gasteiger partial charge in [0, 0.05) is 24.7 Å². The van der Waals surface area contributed by atoms with E-state index >= 15 is 0 Å². The van der Waals surface area contributed by atoms with Crippen molar-refractivity contribution in [2.75, 3.05) is 6.54 Å². The van der Waals surface area contributed by atoms with Crippen molar-refractivity contribution in [3.8, 4) is 11.3 Å². The van der Waals surface area contributed by atoms with Gasteiger partial charge in [-0.05, 0) is 26.3 Å². The van der Waals surface area contributed by atoms with Gasteiger partial charge in [-0.15, -0.1) is 0 Å². The topological polar surface area (TPSA) is 85.8 Å². The fraction of sp³-hybridized carbons (Fsp3) is 0.250. The molecule has 0 aliphatic rings.